The number of thiophene rings is 2. The van der Waals surface area contributed by atoms with Crippen molar-refractivity contribution < 1.29 is 4.57 Å². The molecule has 0 spiro atoms. The van der Waals surface area contributed by atoms with E-state index in [9.17, 15) is 0 Å². The number of rotatable bonds is 5. The molecule has 4 heterocycles. The third kappa shape index (κ3) is 4.86. The number of hydrogen-bond acceptors (Lipinski definition) is 3. The molecule has 0 aliphatic carbocycles. The lowest BCUT2D eigenvalue weighted by atomic mass is 10.1. The van der Waals surface area contributed by atoms with Crippen molar-refractivity contribution >= 4 is 130 Å². The van der Waals surface area contributed by atoms with Gasteiger partial charge in [0.05, 0.1) is 22.1 Å². The van der Waals surface area contributed by atoms with Gasteiger partial charge in [0.1, 0.15) is 0 Å². The summed E-state index contributed by atoms with van der Waals surface area (Å²) >= 11 is 3.67. The highest BCUT2D eigenvalue weighted by molar-refractivity contribution is 7.85. The molecule has 13 aromatic rings. The molecule has 0 radical (unpaired) electrons. The molecular weight excluding hydrogens is 788 g/mol. The summed E-state index contributed by atoms with van der Waals surface area (Å²) in [6, 6.07) is 71.2. The van der Waals surface area contributed by atoms with E-state index >= 15 is 4.57 Å². The van der Waals surface area contributed by atoms with Crippen LogP contribution in [-0.4, -0.2) is 9.13 Å². The molecule has 0 saturated carbocycles. The van der Waals surface area contributed by atoms with Crippen LogP contribution >= 0.6 is 29.8 Å². The predicted octanol–water partition coefficient (Wildman–Crippen LogP) is 14.3. The molecule has 0 fully saturated rings. The summed E-state index contributed by atoms with van der Waals surface area (Å²) in [6.45, 7) is 0. The van der Waals surface area contributed by atoms with E-state index in [4.69, 9.17) is 0 Å². The zero-order valence-electron chi connectivity index (χ0n) is 32.1. The summed E-state index contributed by atoms with van der Waals surface area (Å²) in [5, 5.41) is 12.0. The smallest absolute Gasteiger partial charge is 0.171 e. The SMILES string of the molecule is O=P(c1ccccc1)(c1ccc2c(c1)c1ccccc1n2-c1ccc2sc3ccccc3c2c1)c1ccc2c(c1)c1ccccc1n2-c1ccc2sc3ccccc3c2c1. The van der Waals surface area contributed by atoms with E-state index in [0.717, 1.165) is 70.9 Å². The largest absolute Gasteiger partial charge is 0.309 e. The van der Waals surface area contributed by atoms with Crippen molar-refractivity contribution in [2.75, 3.05) is 0 Å². The lowest BCUT2D eigenvalue weighted by Crippen LogP contribution is -2.25. The van der Waals surface area contributed by atoms with Crippen LogP contribution in [0.4, 0.5) is 0 Å². The molecule has 0 saturated heterocycles. The molecule has 0 atom stereocenters. The monoisotopic (exact) mass is 820 g/mol. The molecule has 0 N–H and O–H groups in total. The van der Waals surface area contributed by atoms with E-state index in [0.29, 0.717) is 0 Å². The first kappa shape index (κ1) is 34.1. The average Bonchev–Trinajstić information content (AvgIpc) is 4.06. The molecule has 0 unspecified atom stereocenters. The highest BCUT2D eigenvalue weighted by atomic mass is 32.1. The normalized spacial score (nSPS) is 12.4. The Kier molecular flexibility index (Phi) is 7.33. The van der Waals surface area contributed by atoms with Crippen molar-refractivity contribution in [3.63, 3.8) is 0 Å². The van der Waals surface area contributed by atoms with Crippen LogP contribution in [0.2, 0.25) is 0 Å². The Balaban J connectivity index is 1.02. The summed E-state index contributed by atoms with van der Waals surface area (Å²) in [7, 11) is -3.39. The third-order valence-electron chi connectivity index (χ3n) is 12.4. The lowest BCUT2D eigenvalue weighted by molar-refractivity contribution is 0.592. The van der Waals surface area contributed by atoms with E-state index in [1.165, 1.54) is 40.3 Å². The zero-order chi connectivity index (χ0) is 39.5. The first-order chi connectivity index (χ1) is 29.6. The maximum atomic E-state index is 16.4. The quantitative estimate of drug-likeness (QED) is 0.159. The van der Waals surface area contributed by atoms with Crippen LogP contribution in [0.25, 0.3) is 95.3 Å². The third-order valence-corrected chi connectivity index (χ3v) is 17.7. The molecule has 0 bridgehead atoms. The second-order valence-electron chi connectivity index (χ2n) is 15.6. The number of para-hydroxylation sites is 2. The molecule has 4 aromatic heterocycles. The van der Waals surface area contributed by atoms with Gasteiger partial charge in [-0.25, -0.2) is 0 Å². The predicted molar refractivity (Wildman–Crippen MR) is 260 cm³/mol. The number of aromatic nitrogens is 2. The Labute approximate surface area is 353 Å². The van der Waals surface area contributed by atoms with Crippen molar-refractivity contribution in [3.05, 3.63) is 200 Å². The molecule has 282 valence electrons. The lowest BCUT2D eigenvalue weighted by Gasteiger charge is -2.21. The van der Waals surface area contributed by atoms with Gasteiger partial charge in [-0.1, -0.05) is 103 Å². The van der Waals surface area contributed by atoms with Gasteiger partial charge in [-0.15, -0.1) is 22.7 Å². The van der Waals surface area contributed by atoms with Crippen LogP contribution in [0.15, 0.2) is 200 Å². The molecular formula is C54H33N2OPS2. The maximum absolute atomic E-state index is 16.4. The van der Waals surface area contributed by atoms with Gasteiger partial charge in [0.25, 0.3) is 0 Å². The minimum absolute atomic E-state index is 0.820. The second-order valence-corrected chi connectivity index (χ2v) is 20.5. The van der Waals surface area contributed by atoms with Crippen molar-refractivity contribution in [1.29, 1.82) is 0 Å². The first-order valence-electron chi connectivity index (χ1n) is 20.2. The van der Waals surface area contributed by atoms with Crippen molar-refractivity contribution in [2.24, 2.45) is 0 Å². The number of fused-ring (bicyclic) bond motifs is 12. The summed E-state index contributed by atoms with van der Waals surface area (Å²) in [6.07, 6.45) is 0. The van der Waals surface area contributed by atoms with E-state index < -0.39 is 7.14 Å². The minimum atomic E-state index is -3.39. The Morgan fingerprint density at radius 1 is 0.300 bits per heavy atom. The Hall–Kier alpha value is -6.75. The van der Waals surface area contributed by atoms with E-state index in [-0.39, 0.29) is 0 Å². The van der Waals surface area contributed by atoms with Gasteiger partial charge in [0.2, 0.25) is 0 Å². The Bertz CT molecular complexity index is 3710. The molecule has 13 rings (SSSR count). The highest BCUT2D eigenvalue weighted by Crippen LogP contribution is 2.46. The standard InChI is InChI=1S/C54H33N2OPS2/c57-58(36-12-2-1-3-13-36,37-24-26-49-43(32-37)39-14-4-8-18-47(39)55(49)34-22-28-53-45(30-34)41-16-6-10-20-51(41)59-53)38-25-27-50-44(33-38)40-15-5-9-19-48(40)56(50)35-23-29-54-46(31-35)42-17-7-11-21-52(42)60-54/h1-33H. The Morgan fingerprint density at radius 2 is 0.700 bits per heavy atom. The number of nitrogens with zero attached hydrogens (tertiary/aromatic N) is 2. The van der Waals surface area contributed by atoms with Gasteiger partial charge >= 0.3 is 0 Å². The zero-order valence-corrected chi connectivity index (χ0v) is 34.6. The first-order valence-corrected chi connectivity index (χ1v) is 23.5. The van der Waals surface area contributed by atoms with Gasteiger partial charge in [-0.3, -0.25) is 0 Å². The summed E-state index contributed by atoms with van der Waals surface area (Å²) in [5.41, 5.74) is 6.66. The van der Waals surface area contributed by atoms with Gasteiger partial charge in [-0.2, -0.15) is 0 Å². The van der Waals surface area contributed by atoms with Gasteiger partial charge in [-0.05, 0) is 97.1 Å². The topological polar surface area (TPSA) is 26.9 Å². The number of benzene rings is 9. The van der Waals surface area contributed by atoms with Crippen LogP contribution in [0, 0.1) is 0 Å². The van der Waals surface area contributed by atoms with Crippen molar-refractivity contribution in [1.82, 2.24) is 9.13 Å². The summed E-state index contributed by atoms with van der Waals surface area (Å²) < 4.78 is 26.3. The van der Waals surface area contributed by atoms with E-state index in [1.54, 1.807) is 0 Å². The fourth-order valence-corrected chi connectivity index (χ4v) is 14.5. The fraction of sp³-hybridized carbons (Fsp3) is 0. The summed E-state index contributed by atoms with van der Waals surface area (Å²) in [4.78, 5) is 0. The van der Waals surface area contributed by atoms with Gasteiger partial charge in [0, 0.05) is 89.2 Å². The van der Waals surface area contributed by atoms with Crippen LogP contribution in [-0.2, 0) is 4.57 Å². The maximum Gasteiger partial charge on any atom is 0.171 e. The van der Waals surface area contributed by atoms with Crippen molar-refractivity contribution in [2.45, 2.75) is 0 Å². The van der Waals surface area contributed by atoms with E-state index in [1.807, 2.05) is 53.0 Å². The number of hydrogen-bond donors (Lipinski definition) is 0. The average molecular weight is 821 g/mol. The molecule has 9 aromatic carbocycles. The van der Waals surface area contributed by atoms with Crippen LogP contribution in [0.5, 0.6) is 0 Å². The molecule has 0 aliphatic heterocycles. The summed E-state index contributed by atoms with van der Waals surface area (Å²) in [5.74, 6) is 0. The van der Waals surface area contributed by atoms with Crippen LogP contribution < -0.4 is 15.9 Å². The molecule has 0 amide bonds. The van der Waals surface area contributed by atoms with Gasteiger partial charge in [0.15, 0.2) is 7.14 Å². The Morgan fingerprint density at radius 3 is 1.20 bits per heavy atom. The second kappa shape index (κ2) is 12.9. The fourth-order valence-electron chi connectivity index (χ4n) is 9.66. The molecule has 3 nitrogen and oxygen atoms in total. The molecule has 60 heavy (non-hydrogen) atoms. The van der Waals surface area contributed by atoms with Crippen molar-refractivity contribution in [3.8, 4) is 11.4 Å². The van der Waals surface area contributed by atoms with Gasteiger partial charge < -0.3 is 13.7 Å². The molecule has 0 aliphatic rings. The van der Waals surface area contributed by atoms with Crippen LogP contribution in [0.3, 0.4) is 0 Å². The van der Waals surface area contributed by atoms with E-state index in [2.05, 4.69) is 179 Å². The highest BCUT2D eigenvalue weighted by Gasteiger charge is 2.32. The minimum Gasteiger partial charge on any atom is -0.309 e. The molecule has 6 heteroatoms. The van der Waals surface area contributed by atoms with Crippen LogP contribution in [0.1, 0.15) is 0 Å².